The van der Waals surface area contributed by atoms with E-state index in [1.165, 1.54) is 0 Å². The fraction of sp³-hybridized carbons (Fsp3) is 0.467. The van der Waals surface area contributed by atoms with Crippen LogP contribution in [0.2, 0.25) is 0 Å². The minimum absolute atomic E-state index is 0.0385. The zero-order valence-electron chi connectivity index (χ0n) is 12.4. The van der Waals surface area contributed by atoms with Gasteiger partial charge in [-0.25, -0.2) is 0 Å². The Kier molecular flexibility index (Phi) is 6.87. The number of carboxylic acid groups (broad SMARTS) is 1. The van der Waals surface area contributed by atoms with Gasteiger partial charge in [0.05, 0.1) is 5.97 Å². The van der Waals surface area contributed by atoms with E-state index in [1.54, 1.807) is 0 Å². The van der Waals surface area contributed by atoms with E-state index in [2.05, 4.69) is 4.74 Å². The van der Waals surface area contributed by atoms with Crippen LogP contribution in [0.25, 0.3) is 0 Å². The Balaban J connectivity index is 2.82. The Morgan fingerprint density at radius 3 is 2.43 bits per heavy atom. The largest absolute Gasteiger partial charge is 0.573 e. The number of hydrogen-bond acceptors (Lipinski definition) is 5. The molecule has 23 heavy (non-hydrogen) atoms. The molecule has 8 heteroatoms. The smallest absolute Gasteiger partial charge is 0.545 e. The number of halogens is 3. The predicted octanol–water partition coefficient (Wildman–Crippen LogP) is 2.82. The van der Waals surface area contributed by atoms with Crippen LogP contribution in [0.5, 0.6) is 11.5 Å². The lowest BCUT2D eigenvalue weighted by molar-refractivity contribution is -0.274. The molecule has 128 valence electrons. The molecule has 0 unspecified atom stereocenters. The number of alkyl halides is 3. The van der Waals surface area contributed by atoms with Crippen molar-refractivity contribution in [2.45, 2.75) is 45.4 Å². The van der Waals surface area contributed by atoms with Crippen molar-refractivity contribution < 1.29 is 37.3 Å². The van der Waals surface area contributed by atoms with E-state index < -0.39 is 35.4 Å². The summed E-state index contributed by atoms with van der Waals surface area (Å²) >= 11 is 0. The number of carbonyl (C=O) groups excluding carboxylic acids is 2. The van der Waals surface area contributed by atoms with Crippen molar-refractivity contribution in [3.05, 3.63) is 23.8 Å². The van der Waals surface area contributed by atoms with Crippen LogP contribution >= 0.6 is 0 Å². The minimum atomic E-state index is -4.94. The SMILES string of the molecule is CCCCCCC(=O)Oc1cc(OC(F)(F)F)ccc1C(=O)[O-]. The van der Waals surface area contributed by atoms with Gasteiger partial charge in [0.25, 0.3) is 0 Å². The lowest BCUT2D eigenvalue weighted by Crippen LogP contribution is -2.24. The molecule has 5 nitrogen and oxygen atoms in total. The molecule has 0 aliphatic rings. The summed E-state index contributed by atoms with van der Waals surface area (Å²) in [5.74, 6) is -3.62. The van der Waals surface area contributed by atoms with E-state index in [1.807, 2.05) is 6.92 Å². The highest BCUT2D eigenvalue weighted by Gasteiger charge is 2.31. The standard InChI is InChI=1S/C15H17F3O5/c1-2-3-4-5-6-13(19)22-12-9-10(23-15(16,17)18)7-8-11(12)14(20)21/h7-9H,2-6H2,1H3,(H,20,21)/p-1. The summed E-state index contributed by atoms with van der Waals surface area (Å²) in [4.78, 5) is 22.6. The normalized spacial score (nSPS) is 11.1. The summed E-state index contributed by atoms with van der Waals surface area (Å²) in [7, 11) is 0. The van der Waals surface area contributed by atoms with Crippen molar-refractivity contribution >= 4 is 11.9 Å². The van der Waals surface area contributed by atoms with Crippen molar-refractivity contribution in [2.24, 2.45) is 0 Å². The second-order valence-electron chi connectivity index (χ2n) is 4.78. The number of benzene rings is 1. The lowest BCUT2D eigenvalue weighted by Gasteiger charge is -2.14. The van der Waals surface area contributed by atoms with Gasteiger partial charge in [-0.15, -0.1) is 13.2 Å². The molecular formula is C15H16F3O5-. The van der Waals surface area contributed by atoms with Crippen LogP contribution in [-0.4, -0.2) is 18.3 Å². The molecule has 0 aliphatic carbocycles. The monoisotopic (exact) mass is 333 g/mol. The molecule has 1 aromatic rings. The molecule has 0 spiro atoms. The van der Waals surface area contributed by atoms with E-state index in [9.17, 15) is 27.9 Å². The number of hydrogen-bond donors (Lipinski definition) is 0. The summed E-state index contributed by atoms with van der Waals surface area (Å²) < 4.78 is 45.0. The van der Waals surface area contributed by atoms with Gasteiger partial charge in [0, 0.05) is 18.1 Å². The quantitative estimate of drug-likeness (QED) is 0.415. The summed E-state index contributed by atoms with van der Waals surface area (Å²) in [5.41, 5.74) is -0.526. The third kappa shape index (κ3) is 7.03. The molecule has 0 saturated heterocycles. The predicted molar refractivity (Wildman–Crippen MR) is 71.8 cm³/mol. The fourth-order valence-electron chi connectivity index (χ4n) is 1.82. The first-order chi connectivity index (χ1) is 10.7. The molecule has 0 aliphatic heterocycles. The number of aromatic carboxylic acids is 1. The Bertz CT molecular complexity index is 555. The van der Waals surface area contributed by atoms with Crippen LogP contribution in [0, 0.1) is 0 Å². The Hall–Kier alpha value is -2.25. The lowest BCUT2D eigenvalue weighted by atomic mass is 10.1. The Labute approximate surface area is 131 Å². The average Bonchev–Trinajstić information content (AvgIpc) is 2.41. The van der Waals surface area contributed by atoms with Crippen LogP contribution in [0.1, 0.15) is 49.4 Å². The Morgan fingerprint density at radius 2 is 1.87 bits per heavy atom. The summed E-state index contributed by atoms with van der Waals surface area (Å²) in [6, 6.07) is 2.33. The van der Waals surface area contributed by atoms with Crippen LogP contribution in [0.15, 0.2) is 18.2 Å². The zero-order valence-corrected chi connectivity index (χ0v) is 12.4. The van der Waals surface area contributed by atoms with Crippen molar-refractivity contribution in [1.29, 1.82) is 0 Å². The summed E-state index contributed by atoms with van der Waals surface area (Å²) in [5, 5.41) is 10.9. The number of unbranched alkanes of at least 4 members (excludes halogenated alkanes) is 3. The molecular weight excluding hydrogens is 317 g/mol. The maximum absolute atomic E-state index is 12.2. The van der Waals surface area contributed by atoms with Gasteiger partial charge in [-0.05, 0) is 18.6 Å². The summed E-state index contributed by atoms with van der Waals surface area (Å²) in [6.45, 7) is 2.00. The fourth-order valence-corrected chi connectivity index (χ4v) is 1.82. The van der Waals surface area contributed by atoms with Crippen LogP contribution in [-0.2, 0) is 4.79 Å². The molecule has 0 bridgehead atoms. The van der Waals surface area contributed by atoms with E-state index >= 15 is 0 Å². The van der Waals surface area contributed by atoms with Crippen molar-refractivity contribution in [3.8, 4) is 11.5 Å². The molecule has 0 amide bonds. The Morgan fingerprint density at radius 1 is 1.17 bits per heavy atom. The number of carboxylic acids is 1. The molecule has 1 rings (SSSR count). The highest BCUT2D eigenvalue weighted by atomic mass is 19.4. The first-order valence-corrected chi connectivity index (χ1v) is 7.04. The average molecular weight is 333 g/mol. The van der Waals surface area contributed by atoms with E-state index in [0.29, 0.717) is 12.5 Å². The van der Waals surface area contributed by atoms with Gasteiger partial charge >= 0.3 is 12.3 Å². The molecule has 0 N–H and O–H groups in total. The van der Waals surface area contributed by atoms with Crippen molar-refractivity contribution in [2.75, 3.05) is 0 Å². The van der Waals surface area contributed by atoms with E-state index in [-0.39, 0.29) is 6.42 Å². The molecule has 0 radical (unpaired) electrons. The zero-order chi connectivity index (χ0) is 17.5. The molecule has 0 fully saturated rings. The van der Waals surface area contributed by atoms with Crippen LogP contribution < -0.4 is 14.6 Å². The first-order valence-electron chi connectivity index (χ1n) is 7.04. The maximum atomic E-state index is 12.2. The van der Waals surface area contributed by atoms with Gasteiger partial charge in [0.15, 0.2) is 0 Å². The van der Waals surface area contributed by atoms with Gasteiger partial charge in [-0.3, -0.25) is 4.79 Å². The van der Waals surface area contributed by atoms with Gasteiger partial charge in [0.2, 0.25) is 0 Å². The first kappa shape index (κ1) is 18.8. The number of ether oxygens (including phenoxy) is 2. The maximum Gasteiger partial charge on any atom is 0.573 e. The third-order valence-corrected chi connectivity index (χ3v) is 2.86. The second-order valence-corrected chi connectivity index (χ2v) is 4.78. The highest BCUT2D eigenvalue weighted by Crippen LogP contribution is 2.29. The molecule has 1 aromatic carbocycles. The van der Waals surface area contributed by atoms with Gasteiger partial charge < -0.3 is 19.4 Å². The highest BCUT2D eigenvalue weighted by molar-refractivity contribution is 5.90. The van der Waals surface area contributed by atoms with Gasteiger partial charge in [-0.2, -0.15) is 0 Å². The molecule has 0 saturated carbocycles. The molecule has 0 aromatic heterocycles. The van der Waals surface area contributed by atoms with Crippen LogP contribution in [0.4, 0.5) is 13.2 Å². The molecule has 0 heterocycles. The minimum Gasteiger partial charge on any atom is -0.545 e. The van der Waals surface area contributed by atoms with Gasteiger partial charge in [0.1, 0.15) is 11.5 Å². The second kappa shape index (κ2) is 8.40. The summed E-state index contributed by atoms with van der Waals surface area (Å²) in [6.07, 6.45) is -1.64. The van der Waals surface area contributed by atoms with E-state index in [0.717, 1.165) is 31.4 Å². The van der Waals surface area contributed by atoms with Crippen molar-refractivity contribution in [3.63, 3.8) is 0 Å². The van der Waals surface area contributed by atoms with Crippen molar-refractivity contribution in [1.82, 2.24) is 0 Å². The number of rotatable bonds is 8. The molecule has 0 atom stereocenters. The number of esters is 1. The van der Waals surface area contributed by atoms with Crippen LogP contribution in [0.3, 0.4) is 0 Å². The van der Waals surface area contributed by atoms with Gasteiger partial charge in [-0.1, -0.05) is 26.2 Å². The number of carbonyl (C=O) groups is 2. The van der Waals surface area contributed by atoms with E-state index in [4.69, 9.17) is 4.74 Å². The topological polar surface area (TPSA) is 75.7 Å². The third-order valence-electron chi connectivity index (χ3n) is 2.86.